The normalized spacial score (nSPS) is 26.7. The topological polar surface area (TPSA) is 84.6 Å². The maximum atomic E-state index is 13.0. The van der Waals surface area contributed by atoms with E-state index in [1.165, 1.54) is 12.8 Å². The summed E-state index contributed by atoms with van der Waals surface area (Å²) in [6, 6.07) is 7.12. The van der Waals surface area contributed by atoms with E-state index in [9.17, 15) is 9.59 Å². The highest BCUT2D eigenvalue weighted by molar-refractivity contribution is 6.06. The van der Waals surface area contributed by atoms with E-state index in [-0.39, 0.29) is 18.0 Å². The summed E-state index contributed by atoms with van der Waals surface area (Å²) in [5, 5.41) is 11.3. The summed E-state index contributed by atoms with van der Waals surface area (Å²) in [6.45, 7) is 4.26. The number of carbonyl (C=O) groups is 2. The van der Waals surface area contributed by atoms with Gasteiger partial charge in [0.2, 0.25) is 0 Å². The number of hydrogen-bond acceptors (Lipinski definition) is 4. The van der Waals surface area contributed by atoms with E-state index in [1.807, 2.05) is 23.1 Å². The Morgan fingerprint density at radius 3 is 2.73 bits per heavy atom. The number of nitrogens with zero attached hydrogens (tertiary/aromatic N) is 4. The summed E-state index contributed by atoms with van der Waals surface area (Å²) in [5.41, 5.74) is 2.04. The molecule has 0 radical (unpaired) electrons. The van der Waals surface area contributed by atoms with Crippen LogP contribution in [0.1, 0.15) is 49.5 Å². The smallest absolute Gasteiger partial charge is 0.324 e. The first-order valence-corrected chi connectivity index (χ1v) is 11.1. The first-order chi connectivity index (χ1) is 14.5. The molecule has 5 rings (SSSR count). The van der Waals surface area contributed by atoms with E-state index in [0.29, 0.717) is 24.3 Å². The average Bonchev–Trinajstić information content (AvgIpc) is 3.36. The summed E-state index contributed by atoms with van der Waals surface area (Å²) >= 11 is 0. The molecule has 4 heterocycles. The molecule has 0 saturated carbocycles. The van der Waals surface area contributed by atoms with Crippen LogP contribution in [0.4, 0.5) is 10.5 Å². The zero-order valence-electron chi connectivity index (χ0n) is 17.7. The number of H-pyrrole nitrogens is 1. The molecule has 3 aliphatic heterocycles. The van der Waals surface area contributed by atoms with Crippen LogP contribution < -0.4 is 10.2 Å². The molecule has 3 aliphatic rings. The van der Waals surface area contributed by atoms with Gasteiger partial charge in [-0.2, -0.15) is 5.10 Å². The molecule has 2 aromatic rings. The SMILES string of the molecule is CCCN1CCN(c2ccc3[nH]nc(C(=O)NC4CC5CCC(C4)N5C)c3c2)C1=O. The van der Waals surface area contributed by atoms with Gasteiger partial charge in [0.1, 0.15) is 0 Å². The summed E-state index contributed by atoms with van der Waals surface area (Å²) in [4.78, 5) is 31.9. The number of hydrogen-bond donors (Lipinski definition) is 2. The van der Waals surface area contributed by atoms with Crippen molar-refractivity contribution >= 4 is 28.5 Å². The van der Waals surface area contributed by atoms with E-state index < -0.39 is 0 Å². The van der Waals surface area contributed by atoms with Crippen LogP contribution in [0.15, 0.2) is 18.2 Å². The molecule has 2 bridgehead atoms. The van der Waals surface area contributed by atoms with Crippen molar-refractivity contribution < 1.29 is 9.59 Å². The third-order valence-corrected chi connectivity index (χ3v) is 7.10. The molecule has 2 N–H and O–H groups in total. The summed E-state index contributed by atoms with van der Waals surface area (Å²) in [5.74, 6) is -0.132. The lowest BCUT2D eigenvalue weighted by atomic mass is 9.98. The highest BCUT2D eigenvalue weighted by atomic mass is 16.2. The van der Waals surface area contributed by atoms with Crippen LogP contribution in [-0.2, 0) is 0 Å². The molecule has 3 saturated heterocycles. The Bertz CT molecular complexity index is 958. The van der Waals surface area contributed by atoms with Crippen molar-refractivity contribution in [1.82, 2.24) is 25.3 Å². The molecule has 30 heavy (non-hydrogen) atoms. The van der Waals surface area contributed by atoms with Crippen molar-refractivity contribution in [1.29, 1.82) is 0 Å². The van der Waals surface area contributed by atoms with Crippen molar-refractivity contribution in [3.05, 3.63) is 23.9 Å². The van der Waals surface area contributed by atoms with Crippen molar-refractivity contribution in [2.75, 3.05) is 31.6 Å². The molecule has 0 aliphatic carbocycles. The average molecular weight is 411 g/mol. The van der Waals surface area contributed by atoms with E-state index in [0.717, 1.165) is 48.9 Å². The molecule has 3 fully saturated rings. The van der Waals surface area contributed by atoms with Gasteiger partial charge in [-0.3, -0.25) is 14.8 Å². The number of aromatic amines is 1. The lowest BCUT2D eigenvalue weighted by molar-refractivity contribution is 0.0879. The fourth-order valence-corrected chi connectivity index (χ4v) is 5.43. The molecule has 2 unspecified atom stereocenters. The van der Waals surface area contributed by atoms with Crippen LogP contribution in [-0.4, -0.2) is 76.7 Å². The molecule has 2 atom stereocenters. The fourth-order valence-electron chi connectivity index (χ4n) is 5.43. The van der Waals surface area contributed by atoms with Gasteiger partial charge in [0, 0.05) is 48.8 Å². The number of aromatic nitrogens is 2. The number of piperidine rings is 1. The van der Waals surface area contributed by atoms with Gasteiger partial charge >= 0.3 is 6.03 Å². The lowest BCUT2D eigenvalue weighted by Crippen LogP contribution is -2.48. The van der Waals surface area contributed by atoms with E-state index in [4.69, 9.17) is 0 Å². The predicted molar refractivity (Wildman–Crippen MR) is 116 cm³/mol. The quantitative estimate of drug-likeness (QED) is 0.793. The Hall–Kier alpha value is -2.61. The van der Waals surface area contributed by atoms with Crippen molar-refractivity contribution in [3.63, 3.8) is 0 Å². The Balaban J connectivity index is 1.35. The maximum absolute atomic E-state index is 13.0. The number of nitrogens with one attached hydrogen (secondary N) is 2. The van der Waals surface area contributed by atoms with Gasteiger partial charge in [-0.1, -0.05) is 6.92 Å². The van der Waals surface area contributed by atoms with Crippen LogP contribution in [0, 0.1) is 0 Å². The van der Waals surface area contributed by atoms with Gasteiger partial charge in [0.15, 0.2) is 5.69 Å². The molecule has 1 aromatic heterocycles. The number of urea groups is 1. The standard InChI is InChI=1S/C22H30N6O2/c1-3-8-27-9-10-28(22(27)30)17-6-7-19-18(13-17)20(25-24-19)21(29)23-14-11-15-4-5-16(12-14)26(15)2/h6-7,13-16H,3-5,8-12H2,1-2H3,(H,23,29)(H,24,25). The molecule has 160 valence electrons. The molecule has 3 amide bonds. The highest BCUT2D eigenvalue weighted by Gasteiger charge is 2.39. The number of carbonyl (C=O) groups excluding carboxylic acids is 2. The summed E-state index contributed by atoms with van der Waals surface area (Å²) in [6.07, 6.45) is 5.40. The Morgan fingerprint density at radius 2 is 2.00 bits per heavy atom. The van der Waals surface area contributed by atoms with Crippen molar-refractivity contribution in [3.8, 4) is 0 Å². The minimum absolute atomic E-state index is 0.0347. The second kappa shape index (κ2) is 7.58. The van der Waals surface area contributed by atoms with Crippen molar-refractivity contribution in [2.24, 2.45) is 0 Å². The minimum Gasteiger partial charge on any atom is -0.348 e. The van der Waals surface area contributed by atoms with Crippen LogP contribution in [0.5, 0.6) is 0 Å². The molecular weight excluding hydrogens is 380 g/mol. The fraction of sp³-hybridized carbons (Fsp3) is 0.591. The highest BCUT2D eigenvalue weighted by Crippen LogP contribution is 2.34. The number of fused-ring (bicyclic) bond motifs is 3. The van der Waals surface area contributed by atoms with E-state index >= 15 is 0 Å². The zero-order chi connectivity index (χ0) is 20.8. The third kappa shape index (κ3) is 3.23. The third-order valence-electron chi connectivity index (χ3n) is 7.10. The van der Waals surface area contributed by atoms with Crippen LogP contribution in [0.3, 0.4) is 0 Å². The Morgan fingerprint density at radius 1 is 1.23 bits per heavy atom. The summed E-state index contributed by atoms with van der Waals surface area (Å²) in [7, 11) is 2.20. The minimum atomic E-state index is -0.132. The lowest BCUT2D eigenvalue weighted by Gasteiger charge is -2.36. The Labute approximate surface area is 176 Å². The first kappa shape index (κ1) is 19.4. The van der Waals surface area contributed by atoms with Crippen LogP contribution in [0.2, 0.25) is 0 Å². The van der Waals surface area contributed by atoms with E-state index in [2.05, 4.69) is 34.4 Å². The zero-order valence-corrected chi connectivity index (χ0v) is 17.7. The predicted octanol–water partition coefficient (Wildman–Crippen LogP) is 2.57. The van der Waals surface area contributed by atoms with E-state index in [1.54, 1.807) is 4.90 Å². The second-order valence-electron chi connectivity index (χ2n) is 8.92. The second-order valence-corrected chi connectivity index (χ2v) is 8.92. The number of benzene rings is 1. The van der Waals surface area contributed by atoms with Crippen LogP contribution >= 0.6 is 0 Å². The van der Waals surface area contributed by atoms with Crippen LogP contribution in [0.25, 0.3) is 10.9 Å². The number of rotatable bonds is 5. The van der Waals surface area contributed by atoms with Gasteiger partial charge in [-0.25, -0.2) is 4.79 Å². The molecule has 8 nitrogen and oxygen atoms in total. The largest absolute Gasteiger partial charge is 0.348 e. The van der Waals surface area contributed by atoms with Gasteiger partial charge in [0.05, 0.1) is 5.52 Å². The molecular formula is C22H30N6O2. The first-order valence-electron chi connectivity index (χ1n) is 11.1. The van der Waals surface area contributed by atoms with Crippen molar-refractivity contribution in [2.45, 2.75) is 57.2 Å². The summed E-state index contributed by atoms with van der Waals surface area (Å²) < 4.78 is 0. The molecule has 8 heteroatoms. The molecule has 0 spiro atoms. The van der Waals surface area contributed by atoms with Gasteiger partial charge in [-0.05, 0) is 57.4 Å². The van der Waals surface area contributed by atoms with Gasteiger partial charge in [-0.15, -0.1) is 0 Å². The van der Waals surface area contributed by atoms with Gasteiger partial charge in [0.25, 0.3) is 5.91 Å². The Kier molecular flexibility index (Phi) is 4.89. The number of amides is 3. The monoisotopic (exact) mass is 410 g/mol. The maximum Gasteiger partial charge on any atom is 0.324 e. The molecule has 1 aromatic carbocycles. The number of anilines is 1. The van der Waals surface area contributed by atoms with Gasteiger partial charge < -0.3 is 15.1 Å².